The van der Waals surface area contributed by atoms with E-state index in [0.717, 1.165) is 36.7 Å². The number of hydrogen-bond acceptors (Lipinski definition) is 3. The predicted molar refractivity (Wildman–Crippen MR) is 74.5 cm³/mol. The third-order valence-corrected chi connectivity index (χ3v) is 5.76. The monoisotopic (exact) mass is 260 g/mol. The largest absolute Gasteiger partial charge is 0.468 e. The van der Waals surface area contributed by atoms with Crippen molar-refractivity contribution < 1.29 is 4.42 Å². The fraction of sp³-hybridized carbons (Fsp3) is 0.750. The molecule has 0 radical (unpaired) electrons. The molecule has 1 heterocycles. The maximum Gasteiger partial charge on any atom is 0.117 e. The molecule has 0 amide bonds. The highest BCUT2D eigenvalue weighted by Gasteiger charge is 2.56. The number of nitrogens with zero attached hydrogens (tertiary/aromatic N) is 1. The Bertz CT molecular complexity index is 440. The number of hydrogen-bond donors (Lipinski definition) is 1. The molecule has 1 aromatic rings. The van der Waals surface area contributed by atoms with E-state index < -0.39 is 0 Å². The Kier molecular flexibility index (Phi) is 2.75. The van der Waals surface area contributed by atoms with Gasteiger partial charge in [-0.15, -0.1) is 0 Å². The Labute approximate surface area is 115 Å². The van der Waals surface area contributed by atoms with Crippen molar-refractivity contribution in [3.8, 4) is 0 Å². The van der Waals surface area contributed by atoms with E-state index in [9.17, 15) is 0 Å². The van der Waals surface area contributed by atoms with Gasteiger partial charge in [-0.2, -0.15) is 0 Å². The third kappa shape index (κ3) is 1.86. The molecule has 2 N–H and O–H groups in total. The molecule has 0 aliphatic heterocycles. The summed E-state index contributed by atoms with van der Waals surface area (Å²) < 4.78 is 5.59. The summed E-state index contributed by atoms with van der Waals surface area (Å²) in [5, 5.41) is 0. The molecule has 0 aromatic carbocycles. The third-order valence-electron chi connectivity index (χ3n) is 5.76. The van der Waals surface area contributed by atoms with Crippen LogP contribution >= 0.6 is 0 Å². The van der Waals surface area contributed by atoms with E-state index in [1.54, 1.807) is 6.26 Å². The van der Waals surface area contributed by atoms with Crippen molar-refractivity contribution in [3.05, 3.63) is 24.2 Å². The second-order valence-corrected chi connectivity index (χ2v) is 6.83. The molecule has 3 unspecified atom stereocenters. The molecule has 4 rings (SSSR count). The minimum Gasteiger partial charge on any atom is -0.468 e. The highest BCUT2D eigenvalue weighted by atomic mass is 16.3. The van der Waals surface area contributed by atoms with E-state index in [1.165, 1.54) is 38.5 Å². The Morgan fingerprint density at radius 1 is 1.32 bits per heavy atom. The lowest BCUT2D eigenvalue weighted by Gasteiger charge is -2.46. The standard InChI is InChI=1S/C16H24N2O/c17-11-16(9-12-3-4-13(16)8-12)18(14-5-6-14)10-15-2-1-7-19-15/h1-2,7,12-14H,3-6,8-11,17H2. The molecule has 19 heavy (non-hydrogen) atoms. The smallest absolute Gasteiger partial charge is 0.117 e. The van der Waals surface area contributed by atoms with Gasteiger partial charge in [0, 0.05) is 18.1 Å². The van der Waals surface area contributed by atoms with Crippen molar-refractivity contribution in [1.82, 2.24) is 4.90 Å². The van der Waals surface area contributed by atoms with Crippen LogP contribution in [0, 0.1) is 11.8 Å². The van der Waals surface area contributed by atoms with Gasteiger partial charge in [-0.1, -0.05) is 6.42 Å². The van der Waals surface area contributed by atoms with Gasteiger partial charge in [0.2, 0.25) is 0 Å². The van der Waals surface area contributed by atoms with Crippen LogP contribution in [0.5, 0.6) is 0 Å². The van der Waals surface area contributed by atoms with Gasteiger partial charge < -0.3 is 10.2 Å². The van der Waals surface area contributed by atoms with Crippen molar-refractivity contribution in [1.29, 1.82) is 0 Å². The summed E-state index contributed by atoms with van der Waals surface area (Å²) in [6.07, 6.45) is 10.1. The zero-order valence-corrected chi connectivity index (χ0v) is 11.6. The van der Waals surface area contributed by atoms with E-state index in [0.29, 0.717) is 0 Å². The predicted octanol–water partition coefficient (Wildman–Crippen LogP) is 2.76. The molecule has 3 saturated carbocycles. The van der Waals surface area contributed by atoms with E-state index in [1.807, 2.05) is 6.07 Å². The minimum atomic E-state index is 0.275. The second-order valence-electron chi connectivity index (χ2n) is 6.83. The topological polar surface area (TPSA) is 42.4 Å². The molecular formula is C16H24N2O. The zero-order valence-electron chi connectivity index (χ0n) is 11.6. The molecule has 2 bridgehead atoms. The van der Waals surface area contributed by atoms with Gasteiger partial charge >= 0.3 is 0 Å². The first-order chi connectivity index (χ1) is 9.32. The fourth-order valence-corrected chi connectivity index (χ4v) is 4.74. The first kappa shape index (κ1) is 12.0. The Morgan fingerprint density at radius 3 is 2.74 bits per heavy atom. The normalized spacial score (nSPS) is 37.4. The minimum absolute atomic E-state index is 0.275. The van der Waals surface area contributed by atoms with Gasteiger partial charge in [-0.05, 0) is 56.1 Å². The van der Waals surface area contributed by atoms with Gasteiger partial charge in [-0.25, -0.2) is 0 Å². The lowest BCUT2D eigenvalue weighted by molar-refractivity contribution is 0.0215. The van der Waals surface area contributed by atoms with Crippen molar-refractivity contribution in [2.75, 3.05) is 6.54 Å². The van der Waals surface area contributed by atoms with Crippen LogP contribution in [-0.4, -0.2) is 23.0 Å². The first-order valence-corrected chi connectivity index (χ1v) is 7.81. The highest BCUT2D eigenvalue weighted by molar-refractivity contribution is 5.12. The van der Waals surface area contributed by atoms with Crippen molar-refractivity contribution in [2.45, 2.75) is 56.7 Å². The molecule has 3 heteroatoms. The number of rotatable bonds is 5. The van der Waals surface area contributed by atoms with Crippen molar-refractivity contribution in [2.24, 2.45) is 17.6 Å². The van der Waals surface area contributed by atoms with Crippen LogP contribution < -0.4 is 5.73 Å². The Morgan fingerprint density at radius 2 is 2.21 bits per heavy atom. The molecule has 3 aliphatic carbocycles. The van der Waals surface area contributed by atoms with Crippen LogP contribution in [0.3, 0.4) is 0 Å². The fourth-order valence-electron chi connectivity index (χ4n) is 4.74. The van der Waals surface area contributed by atoms with Crippen LogP contribution in [-0.2, 0) is 6.54 Å². The number of nitrogens with two attached hydrogens (primary N) is 1. The maximum atomic E-state index is 6.28. The second kappa shape index (κ2) is 4.35. The summed E-state index contributed by atoms with van der Waals surface area (Å²) >= 11 is 0. The van der Waals surface area contributed by atoms with Crippen LogP contribution in [0.2, 0.25) is 0 Å². The van der Waals surface area contributed by atoms with Crippen LogP contribution in [0.4, 0.5) is 0 Å². The Balaban J connectivity index is 1.62. The molecule has 0 spiro atoms. The highest BCUT2D eigenvalue weighted by Crippen LogP contribution is 2.55. The van der Waals surface area contributed by atoms with Crippen LogP contribution in [0.1, 0.15) is 44.3 Å². The summed E-state index contributed by atoms with van der Waals surface area (Å²) in [6.45, 7) is 1.78. The van der Waals surface area contributed by atoms with Crippen LogP contribution in [0.15, 0.2) is 22.8 Å². The van der Waals surface area contributed by atoms with Gasteiger partial charge in [0.1, 0.15) is 5.76 Å². The average molecular weight is 260 g/mol. The summed E-state index contributed by atoms with van der Waals surface area (Å²) in [5.41, 5.74) is 6.55. The molecule has 3 fully saturated rings. The van der Waals surface area contributed by atoms with E-state index in [2.05, 4.69) is 11.0 Å². The molecule has 104 valence electrons. The lowest BCUT2D eigenvalue weighted by atomic mass is 9.79. The molecule has 0 saturated heterocycles. The number of fused-ring (bicyclic) bond motifs is 2. The maximum absolute atomic E-state index is 6.28. The summed E-state index contributed by atoms with van der Waals surface area (Å²) in [6, 6.07) is 4.86. The van der Waals surface area contributed by atoms with Gasteiger partial charge in [0.05, 0.1) is 12.8 Å². The average Bonchev–Trinajstić information content (AvgIpc) is 2.87. The summed E-state index contributed by atoms with van der Waals surface area (Å²) in [7, 11) is 0. The van der Waals surface area contributed by atoms with E-state index in [4.69, 9.17) is 10.2 Å². The molecular weight excluding hydrogens is 236 g/mol. The quantitative estimate of drug-likeness (QED) is 0.885. The zero-order chi connectivity index (χ0) is 12.9. The first-order valence-electron chi connectivity index (χ1n) is 7.81. The van der Waals surface area contributed by atoms with Crippen LogP contribution in [0.25, 0.3) is 0 Å². The molecule has 3 atom stereocenters. The van der Waals surface area contributed by atoms with Crippen molar-refractivity contribution in [3.63, 3.8) is 0 Å². The lowest BCUT2D eigenvalue weighted by Crippen LogP contribution is -2.57. The van der Waals surface area contributed by atoms with E-state index >= 15 is 0 Å². The molecule has 3 aliphatic rings. The SMILES string of the molecule is NCC1(N(Cc2ccco2)C2CC2)CC2CCC1C2. The Hall–Kier alpha value is -0.800. The van der Waals surface area contributed by atoms with Gasteiger partial charge in [0.15, 0.2) is 0 Å². The molecule has 3 nitrogen and oxygen atoms in total. The summed E-state index contributed by atoms with van der Waals surface area (Å²) in [5.74, 6) is 2.87. The van der Waals surface area contributed by atoms with Gasteiger partial charge in [0.25, 0.3) is 0 Å². The van der Waals surface area contributed by atoms with Crippen molar-refractivity contribution >= 4 is 0 Å². The molecule has 1 aromatic heterocycles. The summed E-state index contributed by atoms with van der Waals surface area (Å²) in [4.78, 5) is 2.72. The number of furan rings is 1. The van der Waals surface area contributed by atoms with Gasteiger partial charge in [-0.3, -0.25) is 4.90 Å². The van der Waals surface area contributed by atoms with E-state index in [-0.39, 0.29) is 5.54 Å².